The van der Waals surface area contributed by atoms with E-state index in [4.69, 9.17) is 5.73 Å². The van der Waals surface area contributed by atoms with E-state index in [1.54, 1.807) is 6.92 Å². The Morgan fingerprint density at radius 2 is 2.06 bits per heavy atom. The Morgan fingerprint density at radius 3 is 2.47 bits per heavy atom. The summed E-state index contributed by atoms with van der Waals surface area (Å²) < 4.78 is 4.66. The minimum atomic E-state index is -0.485. The number of hydrogen-bond acceptors (Lipinski definition) is 5. The maximum Gasteiger partial charge on any atom is 0.343 e. The second-order valence-electron chi connectivity index (χ2n) is 5.16. The fourth-order valence-corrected chi connectivity index (χ4v) is 2.04. The van der Waals surface area contributed by atoms with Gasteiger partial charge in [-0.1, -0.05) is 13.8 Å². The smallest absolute Gasteiger partial charge is 0.343 e. The van der Waals surface area contributed by atoms with Crippen LogP contribution in [-0.4, -0.2) is 23.0 Å². The number of anilines is 1. The van der Waals surface area contributed by atoms with E-state index in [0.29, 0.717) is 11.6 Å². The van der Waals surface area contributed by atoms with Gasteiger partial charge in [0.25, 0.3) is 0 Å². The second-order valence-corrected chi connectivity index (χ2v) is 5.16. The van der Waals surface area contributed by atoms with Crippen LogP contribution in [0.3, 0.4) is 0 Å². The van der Waals surface area contributed by atoms with Crippen LogP contribution in [0.25, 0.3) is 0 Å². The van der Waals surface area contributed by atoms with E-state index in [1.165, 1.54) is 7.11 Å². The number of nitrogens with zero attached hydrogens (tertiary/aromatic N) is 2. The number of ether oxygens (including phenoxy) is 1. The van der Waals surface area contributed by atoms with Crippen molar-refractivity contribution in [2.75, 3.05) is 12.8 Å². The van der Waals surface area contributed by atoms with Crippen LogP contribution in [-0.2, 0) is 4.74 Å². The van der Waals surface area contributed by atoms with Gasteiger partial charge in [0.2, 0.25) is 0 Å². The van der Waals surface area contributed by atoms with E-state index in [1.807, 2.05) is 0 Å². The van der Waals surface area contributed by atoms with E-state index < -0.39 is 5.97 Å². The van der Waals surface area contributed by atoms with Gasteiger partial charge in [-0.05, 0) is 18.8 Å². The zero-order valence-electron chi connectivity index (χ0n) is 10.6. The maximum absolute atomic E-state index is 11.5. The molecule has 17 heavy (non-hydrogen) atoms. The first-order valence-corrected chi connectivity index (χ1v) is 5.59. The van der Waals surface area contributed by atoms with Crippen LogP contribution in [0.4, 0.5) is 5.82 Å². The highest BCUT2D eigenvalue weighted by Crippen LogP contribution is 2.57. The van der Waals surface area contributed by atoms with Crippen LogP contribution in [0, 0.1) is 12.3 Å². The molecule has 0 spiro atoms. The predicted molar refractivity (Wildman–Crippen MR) is 63.7 cm³/mol. The van der Waals surface area contributed by atoms with Crippen molar-refractivity contribution in [3.05, 3.63) is 17.1 Å². The van der Waals surface area contributed by atoms with Gasteiger partial charge in [0, 0.05) is 5.92 Å². The minimum Gasteiger partial charge on any atom is -0.465 e. The third kappa shape index (κ3) is 1.97. The Balaban J connectivity index is 2.39. The fraction of sp³-hybridized carbons (Fsp3) is 0.583. The molecule has 1 aliphatic rings. The van der Waals surface area contributed by atoms with Crippen LogP contribution in [0.5, 0.6) is 0 Å². The SMILES string of the molecule is COC(=O)c1c(C)nc(C2CC2(C)C)nc1N. The molecule has 1 unspecified atom stereocenters. The van der Waals surface area contributed by atoms with Crippen molar-refractivity contribution in [1.82, 2.24) is 9.97 Å². The van der Waals surface area contributed by atoms with Crippen molar-refractivity contribution < 1.29 is 9.53 Å². The fourth-order valence-electron chi connectivity index (χ4n) is 2.04. The molecule has 1 saturated carbocycles. The molecule has 2 rings (SSSR count). The lowest BCUT2D eigenvalue weighted by Gasteiger charge is -2.09. The third-order valence-corrected chi connectivity index (χ3v) is 3.35. The zero-order chi connectivity index (χ0) is 12.8. The van der Waals surface area contributed by atoms with E-state index in [9.17, 15) is 4.79 Å². The van der Waals surface area contributed by atoms with Crippen LogP contribution < -0.4 is 5.73 Å². The number of hydrogen-bond donors (Lipinski definition) is 1. The van der Waals surface area contributed by atoms with E-state index in [0.717, 1.165) is 12.2 Å². The third-order valence-electron chi connectivity index (χ3n) is 3.35. The first-order chi connectivity index (χ1) is 7.86. The van der Waals surface area contributed by atoms with Crippen molar-refractivity contribution in [3.63, 3.8) is 0 Å². The van der Waals surface area contributed by atoms with Gasteiger partial charge < -0.3 is 10.5 Å². The molecule has 92 valence electrons. The summed E-state index contributed by atoms with van der Waals surface area (Å²) in [5.41, 5.74) is 6.90. The highest BCUT2D eigenvalue weighted by molar-refractivity contribution is 5.95. The highest BCUT2D eigenvalue weighted by atomic mass is 16.5. The molecular weight excluding hydrogens is 218 g/mol. The standard InChI is InChI=1S/C12H17N3O2/c1-6-8(11(16)17-4)9(13)15-10(14-6)7-5-12(7,2)3/h7H,5H2,1-4H3,(H2,13,14,15). The molecule has 1 heterocycles. The van der Waals surface area contributed by atoms with Gasteiger partial charge in [0.05, 0.1) is 12.8 Å². The zero-order valence-corrected chi connectivity index (χ0v) is 10.6. The monoisotopic (exact) mass is 235 g/mol. The predicted octanol–water partition coefficient (Wildman–Crippen LogP) is 1.67. The Hall–Kier alpha value is -1.65. The quantitative estimate of drug-likeness (QED) is 0.789. The topological polar surface area (TPSA) is 78.1 Å². The van der Waals surface area contributed by atoms with Gasteiger partial charge in [-0.15, -0.1) is 0 Å². The van der Waals surface area contributed by atoms with Crippen LogP contribution in [0.1, 0.15) is 48.1 Å². The Bertz CT molecular complexity index is 460. The van der Waals surface area contributed by atoms with Gasteiger partial charge in [-0.25, -0.2) is 14.8 Å². The summed E-state index contributed by atoms with van der Waals surface area (Å²) >= 11 is 0. The lowest BCUT2D eigenvalue weighted by Crippen LogP contribution is -2.13. The van der Waals surface area contributed by atoms with E-state index >= 15 is 0 Å². The number of methoxy groups -OCH3 is 1. The van der Waals surface area contributed by atoms with E-state index in [2.05, 4.69) is 28.6 Å². The second kappa shape index (κ2) is 3.68. The lowest BCUT2D eigenvalue weighted by atomic mass is 10.1. The molecule has 2 N–H and O–H groups in total. The molecule has 0 saturated heterocycles. The molecule has 5 nitrogen and oxygen atoms in total. The highest BCUT2D eigenvalue weighted by Gasteiger charge is 2.48. The molecule has 1 aromatic rings. The van der Waals surface area contributed by atoms with Crippen molar-refractivity contribution in [2.45, 2.75) is 33.1 Å². The van der Waals surface area contributed by atoms with E-state index in [-0.39, 0.29) is 16.8 Å². The van der Waals surface area contributed by atoms with Gasteiger partial charge in [-0.2, -0.15) is 0 Å². The largest absolute Gasteiger partial charge is 0.465 e. The minimum absolute atomic E-state index is 0.210. The number of carbonyl (C=O) groups is 1. The molecule has 0 aromatic carbocycles. The molecule has 5 heteroatoms. The number of aromatic nitrogens is 2. The normalized spacial score (nSPS) is 21.1. The summed E-state index contributed by atoms with van der Waals surface area (Å²) in [6, 6.07) is 0. The van der Waals surface area contributed by atoms with Gasteiger partial charge in [0.15, 0.2) is 0 Å². The first kappa shape index (κ1) is 11.8. The molecule has 1 aliphatic carbocycles. The molecule has 0 aliphatic heterocycles. The van der Waals surface area contributed by atoms with Crippen molar-refractivity contribution in [3.8, 4) is 0 Å². The number of carbonyl (C=O) groups excluding carboxylic acids is 1. The Kier molecular flexibility index (Phi) is 2.56. The van der Waals surface area contributed by atoms with Crippen LogP contribution in [0.2, 0.25) is 0 Å². The number of aryl methyl sites for hydroxylation is 1. The number of rotatable bonds is 2. The summed E-state index contributed by atoms with van der Waals surface area (Å²) in [6.07, 6.45) is 1.06. The van der Waals surface area contributed by atoms with Gasteiger partial charge in [-0.3, -0.25) is 0 Å². The van der Waals surface area contributed by atoms with Gasteiger partial charge >= 0.3 is 5.97 Å². The van der Waals surface area contributed by atoms with Crippen LogP contribution in [0.15, 0.2) is 0 Å². The number of esters is 1. The Morgan fingerprint density at radius 1 is 1.47 bits per heavy atom. The molecule has 0 bridgehead atoms. The molecule has 1 atom stereocenters. The maximum atomic E-state index is 11.5. The molecule has 0 amide bonds. The lowest BCUT2D eigenvalue weighted by molar-refractivity contribution is 0.0600. The summed E-state index contributed by atoms with van der Waals surface area (Å²) in [4.78, 5) is 20.1. The molecule has 1 fully saturated rings. The summed E-state index contributed by atoms with van der Waals surface area (Å²) in [7, 11) is 1.32. The van der Waals surface area contributed by atoms with Crippen LogP contribution >= 0.6 is 0 Å². The van der Waals surface area contributed by atoms with Crippen molar-refractivity contribution >= 4 is 11.8 Å². The number of nitrogen functional groups attached to an aromatic ring is 1. The van der Waals surface area contributed by atoms with Crippen molar-refractivity contribution in [2.24, 2.45) is 5.41 Å². The molecule has 1 aromatic heterocycles. The first-order valence-electron chi connectivity index (χ1n) is 5.59. The molecule has 0 radical (unpaired) electrons. The molecular formula is C12H17N3O2. The summed E-state index contributed by atoms with van der Waals surface area (Å²) in [5, 5.41) is 0. The number of nitrogens with two attached hydrogens (primary N) is 1. The average Bonchev–Trinajstić information content (AvgIpc) is 2.86. The summed E-state index contributed by atoms with van der Waals surface area (Å²) in [6.45, 7) is 6.09. The Labute approximate surface area is 100 Å². The van der Waals surface area contributed by atoms with Crippen molar-refractivity contribution in [1.29, 1.82) is 0 Å². The average molecular weight is 235 g/mol. The van der Waals surface area contributed by atoms with Gasteiger partial charge in [0.1, 0.15) is 17.2 Å². The summed E-state index contributed by atoms with van der Waals surface area (Å²) in [5.74, 6) is 0.802.